The molecule has 0 N–H and O–H groups in total. The second-order valence-corrected chi connectivity index (χ2v) is 17.4. The molecule has 4 nitrogen and oxygen atoms in total. The van der Waals surface area contributed by atoms with Crippen molar-refractivity contribution in [2.75, 3.05) is 9.34 Å². The van der Waals surface area contributed by atoms with Crippen molar-refractivity contribution in [2.24, 2.45) is 0 Å². The molecule has 0 bridgehead atoms. The Hall–Kier alpha value is -5.40. The lowest BCUT2D eigenvalue weighted by Gasteiger charge is -2.36. The summed E-state index contributed by atoms with van der Waals surface area (Å²) in [6.07, 6.45) is 0. The van der Waals surface area contributed by atoms with E-state index in [1.165, 1.54) is 0 Å². The fourth-order valence-electron chi connectivity index (χ4n) is 6.39. The Morgan fingerprint density at radius 3 is 0.760 bits per heavy atom. The zero-order chi connectivity index (χ0) is 34.2. The Morgan fingerprint density at radius 2 is 0.520 bits per heavy atom. The average molecular weight is 689 g/mol. The molecule has 6 heteroatoms. The Labute approximate surface area is 295 Å². The third kappa shape index (κ3) is 6.74. The quantitative estimate of drug-likeness (QED) is 0.120. The molecule has 0 spiro atoms. The maximum absolute atomic E-state index is 15.8. The van der Waals surface area contributed by atoms with E-state index < -0.39 is 14.6 Å². The van der Waals surface area contributed by atoms with E-state index in [2.05, 4.69) is 24.3 Å². The van der Waals surface area contributed by atoms with Gasteiger partial charge in [-0.15, -0.1) is 0 Å². The van der Waals surface area contributed by atoms with Gasteiger partial charge in [0.05, 0.1) is 0 Å². The van der Waals surface area contributed by atoms with Crippen LogP contribution in [0.2, 0.25) is 0 Å². The molecule has 7 aromatic rings. The van der Waals surface area contributed by atoms with Crippen LogP contribution in [0.4, 0.5) is 11.4 Å². The van der Waals surface area contributed by atoms with Crippen molar-refractivity contribution in [1.29, 1.82) is 0 Å². The van der Waals surface area contributed by atoms with Gasteiger partial charge in [-0.2, -0.15) is 0 Å². The number of rotatable bonds is 12. The first kappa shape index (κ1) is 33.1. The first-order chi connectivity index (χ1) is 24.6. The van der Waals surface area contributed by atoms with Crippen LogP contribution >= 0.6 is 14.6 Å². The molecule has 0 atom stereocenters. The van der Waals surface area contributed by atoms with Crippen molar-refractivity contribution >= 4 is 47.2 Å². The summed E-state index contributed by atoms with van der Waals surface area (Å²) in [5.74, 6) is 0. The maximum atomic E-state index is 15.8. The lowest BCUT2D eigenvalue weighted by molar-refractivity contribution is 0.582. The summed E-state index contributed by atoms with van der Waals surface area (Å²) < 4.78 is 35.7. The summed E-state index contributed by atoms with van der Waals surface area (Å²) in [7, 11) is -6.76. The SMILES string of the molecule is O=P(c1ccccc1)(c1ccccc1)N(Cc1ccccc1)c1ccc(N(Cc2ccccc2)P(=O)(c2ccccc2)c2ccccc2)cc1. The number of hydrogen-bond donors (Lipinski definition) is 0. The van der Waals surface area contributed by atoms with Gasteiger partial charge in [0.15, 0.2) is 0 Å². The highest BCUT2D eigenvalue weighted by Crippen LogP contribution is 2.54. The standard InChI is InChI=1S/C44H38N2O2P2/c47-49(41-23-11-3-12-24-41,42-25-13-4-14-26-42)45(35-37-19-7-1-8-20-37)39-31-33-40(34-32-39)46(36-38-21-9-2-10-22-38)50(48,43-27-15-5-16-28-43)44-29-17-6-18-30-44/h1-34H,35-36H2. The lowest BCUT2D eigenvalue weighted by Crippen LogP contribution is -2.33. The molecule has 0 aliphatic heterocycles. The van der Waals surface area contributed by atoms with Crippen LogP contribution in [0.3, 0.4) is 0 Å². The van der Waals surface area contributed by atoms with Crippen LogP contribution in [0, 0.1) is 0 Å². The predicted molar refractivity (Wildman–Crippen MR) is 211 cm³/mol. The van der Waals surface area contributed by atoms with E-state index >= 15 is 9.13 Å². The van der Waals surface area contributed by atoms with Gasteiger partial charge in [-0.25, -0.2) is 0 Å². The van der Waals surface area contributed by atoms with Gasteiger partial charge in [-0.3, -0.25) is 9.13 Å². The maximum Gasteiger partial charge on any atom is 0.229 e. The van der Waals surface area contributed by atoms with Gasteiger partial charge in [0, 0.05) is 45.7 Å². The van der Waals surface area contributed by atoms with Crippen molar-refractivity contribution in [2.45, 2.75) is 13.1 Å². The zero-order valence-electron chi connectivity index (χ0n) is 27.6. The predicted octanol–water partition coefficient (Wildman–Crippen LogP) is 9.56. The molecule has 0 radical (unpaired) electrons. The average Bonchev–Trinajstić information content (AvgIpc) is 3.21. The Kier molecular flexibility index (Phi) is 9.94. The van der Waals surface area contributed by atoms with E-state index in [-0.39, 0.29) is 0 Å². The van der Waals surface area contributed by atoms with E-state index in [0.29, 0.717) is 13.1 Å². The molecular weight excluding hydrogens is 650 g/mol. The van der Waals surface area contributed by atoms with Gasteiger partial charge < -0.3 is 9.34 Å². The molecule has 0 saturated heterocycles. The van der Waals surface area contributed by atoms with E-state index in [1.54, 1.807) is 0 Å². The van der Waals surface area contributed by atoms with Crippen molar-refractivity contribution < 1.29 is 9.13 Å². The number of hydrogen-bond acceptors (Lipinski definition) is 2. The highest BCUT2D eigenvalue weighted by atomic mass is 31.2. The Bertz CT molecular complexity index is 1950. The molecule has 50 heavy (non-hydrogen) atoms. The van der Waals surface area contributed by atoms with Crippen molar-refractivity contribution in [1.82, 2.24) is 0 Å². The molecular formula is C44H38N2O2P2. The van der Waals surface area contributed by atoms with E-state index in [0.717, 1.165) is 43.7 Å². The van der Waals surface area contributed by atoms with Crippen molar-refractivity contribution in [3.05, 3.63) is 217 Å². The van der Waals surface area contributed by atoms with Crippen LogP contribution in [-0.2, 0) is 22.2 Å². The highest BCUT2D eigenvalue weighted by molar-refractivity contribution is 7.80. The van der Waals surface area contributed by atoms with Crippen LogP contribution < -0.4 is 30.6 Å². The Balaban J connectivity index is 1.39. The normalized spacial score (nSPS) is 11.5. The second kappa shape index (κ2) is 15.0. The Morgan fingerprint density at radius 1 is 0.300 bits per heavy atom. The first-order valence-corrected chi connectivity index (χ1v) is 20.1. The second-order valence-electron chi connectivity index (χ2n) is 12.1. The minimum Gasteiger partial charge on any atom is -0.311 e. The molecule has 0 aliphatic rings. The van der Waals surface area contributed by atoms with E-state index in [4.69, 9.17) is 0 Å². The van der Waals surface area contributed by atoms with Gasteiger partial charge in [0.2, 0.25) is 14.6 Å². The number of anilines is 2. The zero-order valence-corrected chi connectivity index (χ0v) is 29.4. The summed E-state index contributed by atoms with van der Waals surface area (Å²) >= 11 is 0. The molecule has 0 amide bonds. The fourth-order valence-corrected chi connectivity index (χ4v) is 12.1. The molecule has 246 valence electrons. The molecule has 0 aliphatic carbocycles. The third-order valence-electron chi connectivity index (χ3n) is 8.90. The third-order valence-corrected chi connectivity index (χ3v) is 15.0. The summed E-state index contributed by atoms with van der Waals surface area (Å²) in [5, 5.41) is 3.04. The van der Waals surface area contributed by atoms with E-state index in [9.17, 15) is 0 Å². The molecule has 0 aromatic heterocycles. The molecule has 0 fully saturated rings. The van der Waals surface area contributed by atoms with Gasteiger partial charge >= 0.3 is 0 Å². The lowest BCUT2D eigenvalue weighted by atomic mass is 10.2. The summed E-state index contributed by atoms with van der Waals surface area (Å²) in [6.45, 7) is 0.864. The molecule has 0 unspecified atom stereocenters. The summed E-state index contributed by atoms with van der Waals surface area (Å²) in [6, 6.07) is 67.4. The number of nitrogens with zero attached hydrogens (tertiary/aromatic N) is 2. The molecule has 7 aromatic carbocycles. The minimum absolute atomic E-state index is 0.432. The fraction of sp³-hybridized carbons (Fsp3) is 0.0455. The van der Waals surface area contributed by atoms with Crippen LogP contribution in [-0.4, -0.2) is 0 Å². The summed E-state index contributed by atoms with van der Waals surface area (Å²) in [5.41, 5.74) is 3.71. The van der Waals surface area contributed by atoms with Crippen molar-refractivity contribution in [3.63, 3.8) is 0 Å². The first-order valence-electron chi connectivity index (χ1n) is 16.7. The highest BCUT2D eigenvalue weighted by Gasteiger charge is 2.37. The van der Waals surface area contributed by atoms with E-state index in [1.807, 2.05) is 191 Å². The monoisotopic (exact) mass is 688 g/mol. The van der Waals surface area contributed by atoms with Crippen LogP contribution in [0.5, 0.6) is 0 Å². The topological polar surface area (TPSA) is 40.6 Å². The van der Waals surface area contributed by atoms with Gasteiger partial charge in [0.25, 0.3) is 0 Å². The minimum atomic E-state index is -3.38. The van der Waals surface area contributed by atoms with Crippen LogP contribution in [0.25, 0.3) is 0 Å². The number of benzene rings is 7. The largest absolute Gasteiger partial charge is 0.311 e. The van der Waals surface area contributed by atoms with Crippen LogP contribution in [0.15, 0.2) is 206 Å². The van der Waals surface area contributed by atoms with Gasteiger partial charge in [0.1, 0.15) is 0 Å². The van der Waals surface area contributed by atoms with Crippen LogP contribution in [0.1, 0.15) is 11.1 Å². The molecule has 0 heterocycles. The van der Waals surface area contributed by atoms with Crippen molar-refractivity contribution in [3.8, 4) is 0 Å². The molecule has 0 saturated carbocycles. The van der Waals surface area contributed by atoms with Gasteiger partial charge in [-0.1, -0.05) is 133 Å². The van der Waals surface area contributed by atoms with Gasteiger partial charge in [-0.05, 0) is 83.9 Å². The summed E-state index contributed by atoms with van der Waals surface area (Å²) in [4.78, 5) is 0. The smallest absolute Gasteiger partial charge is 0.229 e. The molecule has 7 rings (SSSR count).